The fraction of sp³-hybridized carbons (Fsp3) is 0.214. The smallest absolute Gasteiger partial charge is 0.392 e. The Bertz CT molecular complexity index is 682. The van der Waals surface area contributed by atoms with Gasteiger partial charge in [0.15, 0.2) is 5.13 Å². The maximum atomic E-state index is 12.8. The molecule has 0 saturated heterocycles. The number of allylic oxidation sites excluding steroid dienone is 1. The summed E-state index contributed by atoms with van der Waals surface area (Å²) in [4.78, 5) is 4.30. The molecule has 0 unspecified atom stereocenters. The largest absolute Gasteiger partial charge is 0.417 e. The van der Waals surface area contributed by atoms with Gasteiger partial charge in [0.1, 0.15) is 0 Å². The number of alkyl halides is 3. The summed E-state index contributed by atoms with van der Waals surface area (Å²) in [7, 11) is 1.76. The molecular weight excluding hydrogens is 335 g/mol. The zero-order valence-corrected chi connectivity index (χ0v) is 13.2. The Kier molecular flexibility index (Phi) is 4.97. The number of halogens is 4. The summed E-state index contributed by atoms with van der Waals surface area (Å²) in [5, 5.41) is 7.77. The Morgan fingerprint density at radius 2 is 2.14 bits per heavy atom. The number of hydrogen-bond acceptors (Lipinski definition) is 4. The molecule has 0 aliphatic carbocycles. The Morgan fingerprint density at radius 1 is 1.41 bits per heavy atom. The minimum atomic E-state index is -4.49. The molecule has 1 aromatic heterocycles. The number of benzene rings is 1. The third-order valence-electron chi connectivity index (χ3n) is 2.82. The second kappa shape index (κ2) is 6.58. The third-order valence-corrected chi connectivity index (χ3v) is 3.96. The second-order valence-corrected chi connectivity index (χ2v) is 5.76. The summed E-state index contributed by atoms with van der Waals surface area (Å²) in [5.74, 6) is 0. The van der Waals surface area contributed by atoms with Crippen molar-refractivity contribution >= 4 is 33.8 Å². The summed E-state index contributed by atoms with van der Waals surface area (Å²) < 4.78 is 38.4. The molecule has 0 atom stereocenters. The number of hydrogen-bond donors (Lipinski definition) is 2. The monoisotopic (exact) mass is 347 g/mol. The van der Waals surface area contributed by atoms with Gasteiger partial charge in [-0.2, -0.15) is 13.2 Å². The van der Waals surface area contributed by atoms with Gasteiger partial charge in [0.05, 0.1) is 16.3 Å². The lowest BCUT2D eigenvalue weighted by Crippen LogP contribution is -2.07. The van der Waals surface area contributed by atoms with Crippen LogP contribution >= 0.6 is 22.9 Å². The van der Waals surface area contributed by atoms with E-state index in [9.17, 15) is 13.2 Å². The first kappa shape index (κ1) is 16.6. The maximum absolute atomic E-state index is 12.8. The highest BCUT2D eigenvalue weighted by molar-refractivity contribution is 7.13. The van der Waals surface area contributed by atoms with Crippen LogP contribution in [0.2, 0.25) is 5.02 Å². The maximum Gasteiger partial charge on any atom is 0.417 e. The van der Waals surface area contributed by atoms with E-state index in [1.807, 2.05) is 5.38 Å². The van der Waals surface area contributed by atoms with Gasteiger partial charge in [-0.15, -0.1) is 11.3 Å². The van der Waals surface area contributed by atoms with Crippen LogP contribution in [0.5, 0.6) is 0 Å². The van der Waals surface area contributed by atoms with Gasteiger partial charge in [0.25, 0.3) is 0 Å². The van der Waals surface area contributed by atoms with Crippen LogP contribution in [0, 0.1) is 0 Å². The second-order valence-electron chi connectivity index (χ2n) is 4.49. The van der Waals surface area contributed by atoms with E-state index < -0.39 is 11.7 Å². The highest BCUT2D eigenvalue weighted by Gasteiger charge is 2.33. The van der Waals surface area contributed by atoms with Crippen molar-refractivity contribution in [1.29, 1.82) is 0 Å². The van der Waals surface area contributed by atoms with Gasteiger partial charge >= 0.3 is 6.18 Å². The first-order valence-corrected chi connectivity index (χ1v) is 7.49. The van der Waals surface area contributed by atoms with Crippen molar-refractivity contribution in [1.82, 2.24) is 10.3 Å². The van der Waals surface area contributed by atoms with Crippen molar-refractivity contribution in [2.45, 2.75) is 12.6 Å². The van der Waals surface area contributed by atoms with Crippen LogP contribution in [-0.2, 0) is 12.6 Å². The predicted molar refractivity (Wildman–Crippen MR) is 83.8 cm³/mol. The number of nitrogens with one attached hydrogen (secondary N) is 2. The molecule has 0 saturated carbocycles. The van der Waals surface area contributed by atoms with Gasteiger partial charge in [-0.3, -0.25) is 0 Å². The first-order valence-electron chi connectivity index (χ1n) is 6.23. The van der Waals surface area contributed by atoms with Gasteiger partial charge in [-0.25, -0.2) is 4.98 Å². The van der Waals surface area contributed by atoms with Crippen molar-refractivity contribution in [2.24, 2.45) is 0 Å². The normalized spacial score (nSPS) is 11.3. The topological polar surface area (TPSA) is 37.0 Å². The van der Waals surface area contributed by atoms with E-state index >= 15 is 0 Å². The molecule has 22 heavy (non-hydrogen) atoms. The lowest BCUT2D eigenvalue weighted by molar-refractivity contribution is -0.137. The zero-order valence-electron chi connectivity index (χ0n) is 11.6. The van der Waals surface area contributed by atoms with E-state index in [2.05, 4.69) is 22.2 Å². The van der Waals surface area contributed by atoms with Gasteiger partial charge in [0.2, 0.25) is 0 Å². The molecule has 0 amide bonds. The molecule has 0 spiro atoms. The molecule has 2 rings (SSSR count). The number of aromatic nitrogens is 1. The molecule has 0 radical (unpaired) electrons. The number of rotatable bonds is 5. The summed E-state index contributed by atoms with van der Waals surface area (Å²) in [6.07, 6.45) is -3.93. The van der Waals surface area contributed by atoms with Crippen molar-refractivity contribution in [3.63, 3.8) is 0 Å². The van der Waals surface area contributed by atoms with E-state index in [1.54, 1.807) is 7.05 Å². The SMILES string of the molecule is C=C(Cc1csc(Nc2ccc(Cl)c(C(F)(F)F)c2)n1)NC. The predicted octanol–water partition coefficient (Wildman–Crippen LogP) is 4.83. The van der Waals surface area contributed by atoms with Gasteiger partial charge < -0.3 is 10.6 Å². The summed E-state index contributed by atoms with van der Waals surface area (Å²) in [6, 6.07) is 3.66. The van der Waals surface area contributed by atoms with Gasteiger partial charge in [-0.05, 0) is 18.2 Å². The van der Waals surface area contributed by atoms with Crippen molar-refractivity contribution in [3.8, 4) is 0 Å². The number of anilines is 2. The fourth-order valence-electron chi connectivity index (χ4n) is 1.70. The van der Waals surface area contributed by atoms with E-state index in [-0.39, 0.29) is 10.7 Å². The molecule has 118 valence electrons. The first-order chi connectivity index (χ1) is 10.3. The zero-order chi connectivity index (χ0) is 16.3. The summed E-state index contributed by atoms with van der Waals surface area (Å²) >= 11 is 6.89. The highest BCUT2D eigenvalue weighted by Crippen LogP contribution is 2.36. The van der Waals surface area contributed by atoms with Crippen molar-refractivity contribution in [2.75, 3.05) is 12.4 Å². The van der Waals surface area contributed by atoms with E-state index in [0.717, 1.165) is 17.5 Å². The molecule has 0 aliphatic rings. The van der Waals surface area contributed by atoms with Crippen molar-refractivity contribution < 1.29 is 13.2 Å². The third kappa shape index (κ3) is 4.14. The van der Waals surface area contributed by atoms with Crippen LogP contribution in [-0.4, -0.2) is 12.0 Å². The molecule has 2 N–H and O–H groups in total. The van der Waals surface area contributed by atoms with Crippen LogP contribution in [0.1, 0.15) is 11.3 Å². The molecule has 2 aromatic rings. The lowest BCUT2D eigenvalue weighted by Gasteiger charge is -2.11. The minimum Gasteiger partial charge on any atom is -0.392 e. The molecule has 0 aliphatic heterocycles. The highest BCUT2D eigenvalue weighted by atomic mass is 35.5. The van der Waals surface area contributed by atoms with Crippen LogP contribution in [0.25, 0.3) is 0 Å². The number of nitrogens with zero attached hydrogens (tertiary/aromatic N) is 1. The van der Waals surface area contributed by atoms with Crippen LogP contribution in [0.4, 0.5) is 24.0 Å². The molecule has 0 fully saturated rings. The fourth-order valence-corrected chi connectivity index (χ4v) is 2.65. The molecule has 3 nitrogen and oxygen atoms in total. The number of thiazole rings is 1. The van der Waals surface area contributed by atoms with E-state index in [1.165, 1.54) is 23.5 Å². The average Bonchev–Trinajstić information content (AvgIpc) is 2.86. The van der Waals surface area contributed by atoms with Gasteiger partial charge in [0, 0.05) is 30.2 Å². The average molecular weight is 348 g/mol. The Morgan fingerprint density at radius 3 is 2.77 bits per heavy atom. The summed E-state index contributed by atoms with van der Waals surface area (Å²) in [5.41, 5.74) is 1.00. The quantitative estimate of drug-likeness (QED) is 0.813. The van der Waals surface area contributed by atoms with E-state index in [0.29, 0.717) is 11.6 Å². The van der Waals surface area contributed by atoms with Crippen LogP contribution in [0.15, 0.2) is 35.9 Å². The van der Waals surface area contributed by atoms with E-state index in [4.69, 9.17) is 11.6 Å². The lowest BCUT2D eigenvalue weighted by atomic mass is 10.2. The molecule has 8 heteroatoms. The minimum absolute atomic E-state index is 0.282. The molecule has 0 bridgehead atoms. The standard InChI is InChI=1S/C14H13ClF3N3S/c1-8(19-2)5-10-7-22-13(21-10)20-9-3-4-12(15)11(6-9)14(16,17)18/h3-4,6-7,19H,1,5H2,2H3,(H,20,21). The molecule has 1 heterocycles. The van der Waals surface area contributed by atoms with Crippen molar-refractivity contribution in [3.05, 3.63) is 52.1 Å². The molecule has 1 aromatic carbocycles. The van der Waals surface area contributed by atoms with Crippen LogP contribution in [0.3, 0.4) is 0 Å². The Balaban J connectivity index is 2.16. The van der Waals surface area contributed by atoms with Gasteiger partial charge in [-0.1, -0.05) is 18.2 Å². The Hall–Kier alpha value is -1.73. The van der Waals surface area contributed by atoms with Crippen LogP contribution < -0.4 is 10.6 Å². The molecular formula is C14H13ClF3N3S. The number of likely N-dealkylation sites (N-methyl/N-ethyl adjacent to an activating group) is 1. The summed E-state index contributed by atoms with van der Waals surface area (Å²) in [6.45, 7) is 3.80. The Labute approximate surface area is 134 Å².